The molecule has 7 heteroatoms. The number of likely N-dealkylation sites (N-methyl/N-ethyl adjacent to an activating group) is 1. The molecule has 138 valence electrons. The van der Waals surface area contributed by atoms with Gasteiger partial charge < -0.3 is 19.5 Å². The second-order valence-electron chi connectivity index (χ2n) is 6.47. The van der Waals surface area contributed by atoms with Crippen LogP contribution < -0.4 is 10.1 Å². The van der Waals surface area contributed by atoms with Crippen LogP contribution in [0, 0.1) is 0 Å². The van der Waals surface area contributed by atoms with Gasteiger partial charge >= 0.3 is 0 Å². The summed E-state index contributed by atoms with van der Waals surface area (Å²) in [6.07, 6.45) is 4.83. The smallest absolute Gasteiger partial charge is 0.223 e. The van der Waals surface area contributed by atoms with Crippen LogP contribution in [0.1, 0.15) is 31.1 Å². The molecule has 7 nitrogen and oxygen atoms in total. The molecule has 2 heterocycles. The molecule has 1 aliphatic rings. The van der Waals surface area contributed by atoms with Crippen LogP contribution in [0.5, 0.6) is 5.75 Å². The molecule has 0 spiro atoms. The van der Waals surface area contributed by atoms with E-state index in [-0.39, 0.29) is 30.3 Å². The third-order valence-corrected chi connectivity index (χ3v) is 4.67. The van der Waals surface area contributed by atoms with Gasteiger partial charge in [-0.2, -0.15) is 0 Å². The van der Waals surface area contributed by atoms with Crippen molar-refractivity contribution in [2.45, 2.75) is 31.3 Å². The summed E-state index contributed by atoms with van der Waals surface area (Å²) in [5.41, 5.74) is 0. The van der Waals surface area contributed by atoms with E-state index < -0.39 is 0 Å². The normalized spacial score (nSPS) is 20.1. The van der Waals surface area contributed by atoms with Gasteiger partial charge in [-0.25, -0.2) is 4.98 Å². The van der Waals surface area contributed by atoms with E-state index in [2.05, 4.69) is 10.3 Å². The monoisotopic (exact) mass is 356 g/mol. The minimum absolute atomic E-state index is 0.0657. The number of ether oxygens (including phenoxy) is 1. The number of nitrogens with zero attached hydrogens (tertiary/aromatic N) is 3. The number of likely N-dealkylation sites (tertiary alicyclic amines) is 1. The Bertz CT molecular complexity index is 759. The Kier molecular flexibility index (Phi) is 5.55. The van der Waals surface area contributed by atoms with Gasteiger partial charge in [0.2, 0.25) is 11.8 Å². The summed E-state index contributed by atoms with van der Waals surface area (Å²) in [7, 11) is 3.65. The molecule has 0 aliphatic carbocycles. The summed E-state index contributed by atoms with van der Waals surface area (Å²) in [4.78, 5) is 30.5. The van der Waals surface area contributed by atoms with E-state index in [0.29, 0.717) is 19.4 Å². The minimum Gasteiger partial charge on any atom is -0.493 e. The topological polar surface area (TPSA) is 76.5 Å². The fraction of sp³-hybridized carbons (Fsp3) is 0.421. The molecule has 2 aromatic rings. The van der Waals surface area contributed by atoms with Crippen LogP contribution in [-0.2, 0) is 16.6 Å². The van der Waals surface area contributed by atoms with Crippen molar-refractivity contribution in [3.05, 3.63) is 48.5 Å². The van der Waals surface area contributed by atoms with Gasteiger partial charge in [0, 0.05) is 32.9 Å². The molecule has 1 fully saturated rings. The fourth-order valence-corrected chi connectivity index (χ4v) is 3.26. The summed E-state index contributed by atoms with van der Waals surface area (Å²) in [5, 5.41) is 3.06. The summed E-state index contributed by atoms with van der Waals surface area (Å²) < 4.78 is 7.47. The van der Waals surface area contributed by atoms with Crippen molar-refractivity contribution in [2.24, 2.45) is 7.05 Å². The van der Waals surface area contributed by atoms with Crippen molar-refractivity contribution >= 4 is 11.8 Å². The SMILES string of the molecule is CN1C(=O)CC[C@@H](NC(=O)CCOc2ccccc2)[C@@H]1c1nccn1C. The molecule has 1 N–H and O–H groups in total. The van der Waals surface area contributed by atoms with E-state index >= 15 is 0 Å². The predicted molar refractivity (Wildman–Crippen MR) is 96.4 cm³/mol. The van der Waals surface area contributed by atoms with Gasteiger partial charge in [-0.1, -0.05) is 18.2 Å². The Morgan fingerprint density at radius 3 is 2.77 bits per heavy atom. The van der Waals surface area contributed by atoms with E-state index in [1.54, 1.807) is 18.1 Å². The van der Waals surface area contributed by atoms with Crippen LogP contribution >= 0.6 is 0 Å². The van der Waals surface area contributed by atoms with E-state index in [9.17, 15) is 9.59 Å². The first kappa shape index (κ1) is 18.0. The van der Waals surface area contributed by atoms with Crippen LogP contribution in [0.2, 0.25) is 0 Å². The van der Waals surface area contributed by atoms with Crippen LogP contribution in [-0.4, -0.2) is 46.0 Å². The largest absolute Gasteiger partial charge is 0.493 e. The number of carbonyl (C=O) groups excluding carboxylic acids is 2. The average molecular weight is 356 g/mol. The highest BCUT2D eigenvalue weighted by atomic mass is 16.5. The lowest BCUT2D eigenvalue weighted by atomic mass is 9.95. The van der Waals surface area contributed by atoms with Crippen LogP contribution in [0.4, 0.5) is 0 Å². The van der Waals surface area contributed by atoms with Crippen LogP contribution in [0.25, 0.3) is 0 Å². The van der Waals surface area contributed by atoms with Gasteiger partial charge in [0.05, 0.1) is 19.1 Å². The maximum atomic E-state index is 12.4. The standard InChI is InChI=1S/C19H24N4O3/c1-22-12-11-20-19(22)18-15(8-9-17(25)23(18)2)21-16(24)10-13-26-14-6-4-3-5-7-14/h3-7,11-12,15,18H,8-10,13H2,1-2H3,(H,21,24)/t15-,18-/m1/s1. The summed E-state index contributed by atoms with van der Waals surface area (Å²) >= 11 is 0. The van der Waals surface area contributed by atoms with Crippen LogP contribution in [0.15, 0.2) is 42.7 Å². The number of hydrogen-bond donors (Lipinski definition) is 1. The lowest BCUT2D eigenvalue weighted by molar-refractivity contribution is -0.138. The Hall–Kier alpha value is -2.83. The second-order valence-corrected chi connectivity index (χ2v) is 6.47. The number of piperidine rings is 1. The molecule has 0 unspecified atom stereocenters. The molecule has 2 amide bonds. The molecule has 1 saturated heterocycles. The first-order valence-corrected chi connectivity index (χ1v) is 8.76. The zero-order valence-electron chi connectivity index (χ0n) is 15.1. The highest BCUT2D eigenvalue weighted by Crippen LogP contribution is 2.29. The number of carbonyl (C=O) groups is 2. The van der Waals surface area contributed by atoms with Crippen molar-refractivity contribution < 1.29 is 14.3 Å². The number of amides is 2. The quantitative estimate of drug-likeness (QED) is 0.854. The maximum Gasteiger partial charge on any atom is 0.223 e. The third-order valence-electron chi connectivity index (χ3n) is 4.67. The van der Waals surface area contributed by atoms with Gasteiger partial charge in [-0.3, -0.25) is 9.59 Å². The van der Waals surface area contributed by atoms with Gasteiger partial charge in [0.1, 0.15) is 17.6 Å². The summed E-state index contributed by atoms with van der Waals surface area (Å²) in [5.74, 6) is 1.49. The number of para-hydroxylation sites is 1. The van der Waals surface area contributed by atoms with E-state index in [0.717, 1.165) is 11.6 Å². The van der Waals surface area contributed by atoms with Crippen molar-refractivity contribution in [2.75, 3.05) is 13.7 Å². The predicted octanol–water partition coefficient (Wildman–Crippen LogP) is 1.67. The van der Waals surface area contributed by atoms with Crippen molar-refractivity contribution in [1.82, 2.24) is 19.8 Å². The van der Waals surface area contributed by atoms with Gasteiger partial charge in [-0.05, 0) is 18.6 Å². The number of rotatable bonds is 6. The number of aryl methyl sites for hydroxylation is 1. The van der Waals surface area contributed by atoms with Gasteiger partial charge in [0.25, 0.3) is 0 Å². The minimum atomic E-state index is -0.268. The lowest BCUT2D eigenvalue weighted by Gasteiger charge is -2.38. The average Bonchev–Trinajstić information content (AvgIpc) is 3.05. The van der Waals surface area contributed by atoms with Crippen molar-refractivity contribution in [1.29, 1.82) is 0 Å². The lowest BCUT2D eigenvalue weighted by Crippen LogP contribution is -2.51. The Morgan fingerprint density at radius 2 is 2.08 bits per heavy atom. The highest BCUT2D eigenvalue weighted by molar-refractivity contribution is 5.79. The zero-order chi connectivity index (χ0) is 18.5. The first-order chi connectivity index (χ1) is 12.6. The molecule has 2 atom stereocenters. The van der Waals surface area contributed by atoms with E-state index in [1.165, 1.54) is 0 Å². The third kappa shape index (κ3) is 4.04. The second kappa shape index (κ2) is 8.03. The maximum absolute atomic E-state index is 12.4. The van der Waals surface area contributed by atoms with E-state index in [4.69, 9.17) is 4.74 Å². The molecule has 26 heavy (non-hydrogen) atoms. The molecule has 1 aromatic heterocycles. The van der Waals surface area contributed by atoms with E-state index in [1.807, 2.05) is 48.1 Å². The van der Waals surface area contributed by atoms with Crippen LogP contribution in [0.3, 0.4) is 0 Å². The molecule has 0 saturated carbocycles. The number of imidazole rings is 1. The number of aromatic nitrogens is 2. The fourth-order valence-electron chi connectivity index (χ4n) is 3.26. The van der Waals surface area contributed by atoms with Gasteiger partial charge in [0.15, 0.2) is 0 Å². The molecule has 3 rings (SSSR count). The van der Waals surface area contributed by atoms with Crippen molar-refractivity contribution in [3.63, 3.8) is 0 Å². The Morgan fingerprint density at radius 1 is 1.31 bits per heavy atom. The Balaban J connectivity index is 1.60. The number of benzene rings is 1. The summed E-state index contributed by atoms with van der Waals surface area (Å²) in [6, 6.07) is 8.98. The first-order valence-electron chi connectivity index (χ1n) is 8.76. The zero-order valence-corrected chi connectivity index (χ0v) is 15.1. The highest BCUT2D eigenvalue weighted by Gasteiger charge is 2.37. The van der Waals surface area contributed by atoms with Gasteiger partial charge in [-0.15, -0.1) is 0 Å². The number of hydrogen-bond acceptors (Lipinski definition) is 4. The molecular formula is C19H24N4O3. The van der Waals surface area contributed by atoms with Crippen molar-refractivity contribution in [3.8, 4) is 5.75 Å². The number of nitrogens with one attached hydrogen (secondary N) is 1. The molecular weight excluding hydrogens is 332 g/mol. The molecule has 0 radical (unpaired) electrons. The molecule has 0 bridgehead atoms. The summed E-state index contributed by atoms with van der Waals surface area (Å²) in [6.45, 7) is 0.310. The molecule has 1 aliphatic heterocycles. The Labute approximate surface area is 153 Å². The molecule has 1 aromatic carbocycles.